The van der Waals surface area contributed by atoms with Crippen LogP contribution in [0.5, 0.6) is 0 Å². The Bertz CT molecular complexity index is 672. The third-order valence-electron chi connectivity index (χ3n) is 3.59. The molecule has 0 aromatic heterocycles. The van der Waals surface area contributed by atoms with Gasteiger partial charge in [0.2, 0.25) is 5.91 Å². The number of nitrogens with one attached hydrogen (secondary N) is 1. The standard InChI is InChI=1S/C17H16INOS/c18-15-6-1-2-7-16(15)19-17(20)11-21-14-9-8-12-4-3-5-13(12)10-14/h1-2,6-10H,3-5,11H2,(H,19,20). The minimum atomic E-state index is 0.0459. The largest absolute Gasteiger partial charge is 0.324 e. The molecule has 3 rings (SSSR count). The topological polar surface area (TPSA) is 29.1 Å². The summed E-state index contributed by atoms with van der Waals surface area (Å²) in [6, 6.07) is 14.4. The van der Waals surface area contributed by atoms with E-state index in [1.54, 1.807) is 11.8 Å². The monoisotopic (exact) mass is 409 g/mol. The van der Waals surface area contributed by atoms with Crippen LogP contribution >= 0.6 is 34.4 Å². The number of fused-ring (bicyclic) bond motifs is 1. The van der Waals surface area contributed by atoms with Crippen molar-refractivity contribution >= 4 is 45.9 Å². The summed E-state index contributed by atoms with van der Waals surface area (Å²) >= 11 is 3.84. The summed E-state index contributed by atoms with van der Waals surface area (Å²) in [7, 11) is 0. The van der Waals surface area contributed by atoms with Gasteiger partial charge < -0.3 is 5.32 Å². The lowest BCUT2D eigenvalue weighted by Crippen LogP contribution is -2.14. The third-order valence-corrected chi connectivity index (χ3v) is 5.52. The number of carbonyl (C=O) groups is 1. The molecule has 0 saturated heterocycles. The molecule has 0 fully saturated rings. The first-order valence-corrected chi connectivity index (χ1v) is 9.08. The van der Waals surface area contributed by atoms with Gasteiger partial charge in [-0.1, -0.05) is 18.2 Å². The van der Waals surface area contributed by atoms with Crippen LogP contribution in [0.2, 0.25) is 0 Å². The van der Waals surface area contributed by atoms with E-state index in [9.17, 15) is 4.79 Å². The summed E-state index contributed by atoms with van der Waals surface area (Å²) in [6.07, 6.45) is 3.64. The second kappa shape index (κ2) is 6.83. The SMILES string of the molecule is O=C(CSc1ccc2c(c1)CCC2)Nc1ccccc1I. The van der Waals surface area contributed by atoms with Crippen LogP contribution in [0.3, 0.4) is 0 Å². The number of hydrogen-bond donors (Lipinski definition) is 1. The highest BCUT2D eigenvalue weighted by Gasteiger charge is 2.12. The number of rotatable bonds is 4. The fraction of sp³-hybridized carbons (Fsp3) is 0.235. The van der Waals surface area contributed by atoms with E-state index in [1.165, 1.54) is 35.3 Å². The number of anilines is 1. The summed E-state index contributed by atoms with van der Waals surface area (Å²) in [4.78, 5) is 13.2. The smallest absolute Gasteiger partial charge is 0.234 e. The summed E-state index contributed by atoms with van der Waals surface area (Å²) in [5.41, 5.74) is 3.82. The quantitative estimate of drug-likeness (QED) is 0.595. The third kappa shape index (κ3) is 3.80. The molecule has 0 saturated carbocycles. The lowest BCUT2D eigenvalue weighted by Gasteiger charge is -2.08. The molecule has 1 aliphatic rings. The van der Waals surface area contributed by atoms with E-state index in [4.69, 9.17) is 0 Å². The number of carbonyl (C=O) groups excluding carboxylic acids is 1. The molecular weight excluding hydrogens is 393 g/mol. The molecule has 108 valence electrons. The molecule has 0 aliphatic heterocycles. The lowest BCUT2D eigenvalue weighted by molar-refractivity contribution is -0.113. The first-order valence-electron chi connectivity index (χ1n) is 7.01. The van der Waals surface area contributed by atoms with Crippen molar-refractivity contribution in [2.75, 3.05) is 11.1 Å². The molecule has 2 aromatic rings. The lowest BCUT2D eigenvalue weighted by atomic mass is 10.1. The van der Waals surface area contributed by atoms with Gasteiger partial charge in [0, 0.05) is 8.47 Å². The Balaban J connectivity index is 1.58. The zero-order chi connectivity index (χ0) is 14.7. The number of hydrogen-bond acceptors (Lipinski definition) is 2. The Morgan fingerprint density at radius 1 is 1.14 bits per heavy atom. The maximum absolute atomic E-state index is 12.0. The molecule has 2 aromatic carbocycles. The normalized spacial score (nSPS) is 13.0. The van der Waals surface area contributed by atoms with E-state index in [-0.39, 0.29) is 5.91 Å². The summed E-state index contributed by atoms with van der Waals surface area (Å²) in [6.45, 7) is 0. The van der Waals surface area contributed by atoms with Crippen molar-refractivity contribution in [1.29, 1.82) is 0 Å². The fourth-order valence-corrected chi connectivity index (χ4v) is 3.82. The Labute approximate surface area is 142 Å². The maximum Gasteiger partial charge on any atom is 0.234 e. The van der Waals surface area contributed by atoms with Gasteiger partial charge >= 0.3 is 0 Å². The van der Waals surface area contributed by atoms with Crippen LogP contribution in [0.4, 0.5) is 5.69 Å². The number of para-hydroxylation sites is 1. The van der Waals surface area contributed by atoms with Crippen LogP contribution in [-0.2, 0) is 17.6 Å². The van der Waals surface area contributed by atoms with Gasteiger partial charge in [0.1, 0.15) is 0 Å². The van der Waals surface area contributed by atoms with Crippen molar-refractivity contribution in [3.05, 3.63) is 57.2 Å². The number of aryl methyl sites for hydroxylation is 2. The molecule has 0 radical (unpaired) electrons. The summed E-state index contributed by atoms with van der Waals surface area (Å²) in [5, 5.41) is 2.97. The summed E-state index contributed by atoms with van der Waals surface area (Å²) in [5.74, 6) is 0.494. The molecule has 4 heteroatoms. The van der Waals surface area contributed by atoms with Gasteiger partial charge in [0.05, 0.1) is 11.4 Å². The first-order chi connectivity index (χ1) is 10.2. The molecule has 0 heterocycles. The molecule has 0 atom stereocenters. The summed E-state index contributed by atoms with van der Waals surface area (Å²) < 4.78 is 1.06. The van der Waals surface area contributed by atoms with Crippen molar-refractivity contribution in [1.82, 2.24) is 0 Å². The average molecular weight is 409 g/mol. The molecule has 21 heavy (non-hydrogen) atoms. The zero-order valence-electron chi connectivity index (χ0n) is 11.6. The van der Waals surface area contributed by atoms with E-state index in [2.05, 4.69) is 46.1 Å². The number of benzene rings is 2. The van der Waals surface area contributed by atoms with Crippen LogP contribution in [-0.4, -0.2) is 11.7 Å². The minimum absolute atomic E-state index is 0.0459. The predicted octanol–water partition coefficient (Wildman–Crippen LogP) is 4.51. The van der Waals surface area contributed by atoms with Crippen molar-refractivity contribution in [3.63, 3.8) is 0 Å². The van der Waals surface area contributed by atoms with Crippen LogP contribution in [0.1, 0.15) is 17.5 Å². The van der Waals surface area contributed by atoms with Crippen LogP contribution in [0.15, 0.2) is 47.4 Å². The fourth-order valence-electron chi connectivity index (χ4n) is 2.54. The molecule has 1 N–H and O–H groups in total. The maximum atomic E-state index is 12.0. The van der Waals surface area contributed by atoms with Crippen LogP contribution < -0.4 is 5.32 Å². The van der Waals surface area contributed by atoms with E-state index in [0.717, 1.165) is 9.26 Å². The van der Waals surface area contributed by atoms with Crippen molar-refractivity contribution in [2.45, 2.75) is 24.2 Å². The zero-order valence-corrected chi connectivity index (χ0v) is 14.5. The Morgan fingerprint density at radius 2 is 1.95 bits per heavy atom. The van der Waals surface area contributed by atoms with E-state index < -0.39 is 0 Å². The van der Waals surface area contributed by atoms with Crippen molar-refractivity contribution in [2.24, 2.45) is 0 Å². The highest BCUT2D eigenvalue weighted by atomic mass is 127. The van der Waals surface area contributed by atoms with Gasteiger partial charge in [-0.15, -0.1) is 11.8 Å². The Kier molecular flexibility index (Phi) is 4.85. The second-order valence-electron chi connectivity index (χ2n) is 5.10. The predicted molar refractivity (Wildman–Crippen MR) is 97.0 cm³/mol. The van der Waals surface area contributed by atoms with E-state index >= 15 is 0 Å². The molecule has 0 spiro atoms. The van der Waals surface area contributed by atoms with Gasteiger partial charge in [-0.3, -0.25) is 4.79 Å². The molecule has 1 amide bonds. The molecule has 1 aliphatic carbocycles. The average Bonchev–Trinajstić information content (AvgIpc) is 2.95. The van der Waals surface area contributed by atoms with E-state index in [1.807, 2.05) is 24.3 Å². The Morgan fingerprint density at radius 3 is 2.81 bits per heavy atom. The highest BCUT2D eigenvalue weighted by molar-refractivity contribution is 14.1. The van der Waals surface area contributed by atoms with E-state index in [0.29, 0.717) is 5.75 Å². The van der Waals surface area contributed by atoms with Gasteiger partial charge in [0.25, 0.3) is 0 Å². The van der Waals surface area contributed by atoms with Crippen LogP contribution in [0.25, 0.3) is 0 Å². The van der Waals surface area contributed by atoms with Crippen LogP contribution in [0, 0.1) is 3.57 Å². The van der Waals surface area contributed by atoms with Gasteiger partial charge in [-0.05, 0) is 77.2 Å². The van der Waals surface area contributed by atoms with Crippen molar-refractivity contribution in [3.8, 4) is 0 Å². The first kappa shape index (κ1) is 14.9. The van der Waals surface area contributed by atoms with Gasteiger partial charge in [0.15, 0.2) is 0 Å². The number of thioether (sulfide) groups is 1. The molecule has 0 unspecified atom stereocenters. The number of amides is 1. The molecule has 2 nitrogen and oxygen atoms in total. The number of halogens is 1. The second-order valence-corrected chi connectivity index (χ2v) is 7.31. The van der Waals surface area contributed by atoms with Crippen molar-refractivity contribution < 1.29 is 4.79 Å². The molecule has 0 bridgehead atoms. The van der Waals surface area contributed by atoms with Gasteiger partial charge in [-0.2, -0.15) is 0 Å². The van der Waals surface area contributed by atoms with Gasteiger partial charge in [-0.25, -0.2) is 0 Å². The highest BCUT2D eigenvalue weighted by Crippen LogP contribution is 2.27. The molecular formula is C17H16INOS. The minimum Gasteiger partial charge on any atom is -0.324 e. The Hall–Kier alpha value is -1.01.